The number of ether oxygens (including phenoxy) is 1. The maximum absolute atomic E-state index is 14.1. The fourth-order valence-corrected chi connectivity index (χ4v) is 5.91. The molecular formula is C31H37Cl2N3O5S. The zero-order valence-electron chi connectivity index (χ0n) is 24.4. The number of sulfonamides is 1. The molecule has 0 aromatic heterocycles. The summed E-state index contributed by atoms with van der Waals surface area (Å²) in [5.41, 5.74) is 1.73. The van der Waals surface area contributed by atoms with Crippen LogP contribution < -0.4 is 14.4 Å². The van der Waals surface area contributed by atoms with Crippen LogP contribution in [0.2, 0.25) is 10.0 Å². The van der Waals surface area contributed by atoms with E-state index in [0.717, 1.165) is 9.87 Å². The van der Waals surface area contributed by atoms with Gasteiger partial charge in [0.15, 0.2) is 0 Å². The lowest BCUT2D eigenvalue weighted by Gasteiger charge is -2.32. The van der Waals surface area contributed by atoms with E-state index in [1.165, 1.54) is 17.0 Å². The first-order valence-electron chi connectivity index (χ1n) is 13.7. The van der Waals surface area contributed by atoms with E-state index in [1.54, 1.807) is 68.4 Å². The summed E-state index contributed by atoms with van der Waals surface area (Å²) in [6, 6.07) is 17.0. The van der Waals surface area contributed by atoms with Crippen LogP contribution in [0, 0.1) is 12.8 Å². The van der Waals surface area contributed by atoms with Crippen LogP contribution in [0.3, 0.4) is 0 Å². The summed E-state index contributed by atoms with van der Waals surface area (Å²) in [7, 11) is -4.23. The molecule has 0 aliphatic heterocycles. The normalized spacial score (nSPS) is 12.1. The Balaban J connectivity index is 2.08. The van der Waals surface area contributed by atoms with Crippen molar-refractivity contribution in [1.82, 2.24) is 10.2 Å². The van der Waals surface area contributed by atoms with E-state index < -0.39 is 28.5 Å². The molecule has 0 spiro atoms. The smallest absolute Gasteiger partial charge is 0.264 e. The number of nitrogens with zero attached hydrogens (tertiary/aromatic N) is 2. The number of carbonyl (C=O) groups is 2. The molecule has 0 saturated heterocycles. The monoisotopic (exact) mass is 633 g/mol. The number of hydrogen-bond acceptors (Lipinski definition) is 5. The molecule has 226 valence electrons. The average Bonchev–Trinajstić information content (AvgIpc) is 2.95. The highest BCUT2D eigenvalue weighted by atomic mass is 35.5. The fraction of sp³-hybridized carbons (Fsp3) is 0.355. The van der Waals surface area contributed by atoms with Crippen molar-refractivity contribution in [3.63, 3.8) is 0 Å². The lowest BCUT2D eigenvalue weighted by Crippen LogP contribution is -2.51. The number of amides is 2. The number of aryl methyl sites for hydroxylation is 1. The van der Waals surface area contributed by atoms with E-state index in [-0.39, 0.29) is 29.0 Å². The van der Waals surface area contributed by atoms with E-state index in [2.05, 4.69) is 5.32 Å². The zero-order chi connectivity index (χ0) is 31.0. The Kier molecular flexibility index (Phi) is 11.7. The van der Waals surface area contributed by atoms with Gasteiger partial charge in [-0.3, -0.25) is 13.9 Å². The van der Waals surface area contributed by atoms with Gasteiger partial charge in [0.25, 0.3) is 10.0 Å². The van der Waals surface area contributed by atoms with Gasteiger partial charge in [0.2, 0.25) is 11.8 Å². The Morgan fingerprint density at radius 2 is 1.62 bits per heavy atom. The Morgan fingerprint density at radius 1 is 0.952 bits per heavy atom. The van der Waals surface area contributed by atoms with Crippen LogP contribution in [0.1, 0.15) is 38.8 Å². The number of rotatable bonds is 13. The molecule has 3 rings (SSSR count). The first-order chi connectivity index (χ1) is 19.8. The van der Waals surface area contributed by atoms with E-state index in [4.69, 9.17) is 27.9 Å². The van der Waals surface area contributed by atoms with Gasteiger partial charge in [-0.15, -0.1) is 0 Å². The highest BCUT2D eigenvalue weighted by Crippen LogP contribution is 2.33. The summed E-state index contributed by atoms with van der Waals surface area (Å²) in [5.74, 6) is -0.442. The van der Waals surface area contributed by atoms with Gasteiger partial charge in [0.1, 0.15) is 18.3 Å². The minimum atomic E-state index is -4.23. The molecule has 0 saturated carbocycles. The summed E-state index contributed by atoms with van der Waals surface area (Å²) in [5, 5.41) is 3.51. The first kappa shape index (κ1) is 33.2. The van der Waals surface area contributed by atoms with Crippen molar-refractivity contribution in [3.8, 4) is 5.75 Å². The lowest BCUT2D eigenvalue weighted by molar-refractivity contribution is -0.139. The van der Waals surface area contributed by atoms with Crippen molar-refractivity contribution in [2.45, 2.75) is 52.1 Å². The largest absolute Gasteiger partial charge is 0.492 e. The second-order valence-electron chi connectivity index (χ2n) is 10.3. The Labute approximate surface area is 258 Å². The Hall–Kier alpha value is -3.27. The standard InChI is InChI=1S/C31H37Cl2N3O5S/c1-6-41-29-10-8-7-9-28(29)36(42(39,40)25-14-11-22(4)12-15-25)20-30(37)35(23(5)31(38)34-18-21(2)3)19-24-13-16-26(32)27(33)17-24/h7-17,21,23H,6,18-20H2,1-5H3,(H,34,38)/t23-/m0/s1. The van der Waals surface area contributed by atoms with Crippen molar-refractivity contribution in [2.75, 3.05) is 24.0 Å². The molecule has 0 bridgehead atoms. The highest BCUT2D eigenvalue weighted by Gasteiger charge is 2.34. The third kappa shape index (κ3) is 8.40. The molecule has 0 heterocycles. The highest BCUT2D eigenvalue weighted by molar-refractivity contribution is 7.92. The molecule has 1 N–H and O–H groups in total. The maximum atomic E-state index is 14.1. The second-order valence-corrected chi connectivity index (χ2v) is 13.0. The molecule has 2 amide bonds. The second kappa shape index (κ2) is 14.8. The van der Waals surface area contributed by atoms with E-state index >= 15 is 0 Å². The summed E-state index contributed by atoms with van der Waals surface area (Å²) in [6.45, 7) is 9.32. The molecule has 0 fully saturated rings. The third-order valence-corrected chi connectivity index (χ3v) is 9.02. The number of para-hydroxylation sites is 2. The van der Waals surface area contributed by atoms with Crippen LogP contribution in [0.5, 0.6) is 5.75 Å². The van der Waals surface area contributed by atoms with Gasteiger partial charge in [-0.2, -0.15) is 0 Å². The third-order valence-electron chi connectivity index (χ3n) is 6.51. The van der Waals surface area contributed by atoms with Crippen molar-refractivity contribution < 1.29 is 22.7 Å². The molecule has 3 aromatic carbocycles. The summed E-state index contributed by atoms with van der Waals surface area (Å²) in [6.07, 6.45) is 0. The van der Waals surface area contributed by atoms with Crippen LogP contribution in [0.4, 0.5) is 5.69 Å². The minimum absolute atomic E-state index is 0.00247. The van der Waals surface area contributed by atoms with Crippen molar-refractivity contribution in [2.24, 2.45) is 5.92 Å². The SMILES string of the molecule is CCOc1ccccc1N(CC(=O)N(Cc1ccc(Cl)c(Cl)c1)[C@@H](C)C(=O)NCC(C)C)S(=O)(=O)c1ccc(C)cc1. The van der Waals surface area contributed by atoms with E-state index in [1.807, 2.05) is 20.8 Å². The molecule has 0 aliphatic rings. The molecule has 8 nitrogen and oxygen atoms in total. The first-order valence-corrected chi connectivity index (χ1v) is 15.9. The Bertz CT molecular complexity index is 1500. The van der Waals surface area contributed by atoms with E-state index in [9.17, 15) is 18.0 Å². The number of nitrogens with one attached hydrogen (secondary N) is 1. The van der Waals surface area contributed by atoms with Crippen LogP contribution >= 0.6 is 23.2 Å². The van der Waals surface area contributed by atoms with Gasteiger partial charge in [-0.1, -0.05) is 72.9 Å². The molecule has 3 aromatic rings. The van der Waals surface area contributed by atoms with Gasteiger partial charge >= 0.3 is 0 Å². The molecular weight excluding hydrogens is 597 g/mol. The number of anilines is 1. The van der Waals surface area contributed by atoms with E-state index in [0.29, 0.717) is 34.5 Å². The molecule has 0 aliphatic carbocycles. The van der Waals surface area contributed by atoms with Crippen LogP contribution in [-0.2, 0) is 26.2 Å². The molecule has 1 atom stereocenters. The molecule has 0 unspecified atom stereocenters. The van der Waals surface area contributed by atoms with Gasteiger partial charge in [0.05, 0.1) is 27.2 Å². The van der Waals surface area contributed by atoms with Gasteiger partial charge in [0, 0.05) is 13.1 Å². The fourth-order valence-electron chi connectivity index (χ4n) is 4.16. The number of hydrogen-bond donors (Lipinski definition) is 1. The molecule has 11 heteroatoms. The quantitative estimate of drug-likeness (QED) is 0.246. The predicted molar refractivity (Wildman–Crippen MR) is 168 cm³/mol. The predicted octanol–water partition coefficient (Wildman–Crippen LogP) is 6.09. The van der Waals surface area contributed by atoms with Crippen molar-refractivity contribution >= 4 is 50.7 Å². The Morgan fingerprint density at radius 3 is 2.24 bits per heavy atom. The van der Waals surface area contributed by atoms with Crippen molar-refractivity contribution in [1.29, 1.82) is 0 Å². The van der Waals surface area contributed by atoms with Crippen LogP contribution in [0.25, 0.3) is 0 Å². The maximum Gasteiger partial charge on any atom is 0.264 e. The van der Waals surface area contributed by atoms with Gasteiger partial charge in [-0.05, 0) is 68.7 Å². The lowest BCUT2D eigenvalue weighted by atomic mass is 10.1. The van der Waals surface area contributed by atoms with Crippen molar-refractivity contribution in [3.05, 3.63) is 87.9 Å². The van der Waals surface area contributed by atoms with Crippen LogP contribution in [-0.4, -0.2) is 50.9 Å². The minimum Gasteiger partial charge on any atom is -0.492 e. The summed E-state index contributed by atoms with van der Waals surface area (Å²) >= 11 is 12.3. The van der Waals surface area contributed by atoms with Gasteiger partial charge in [-0.25, -0.2) is 8.42 Å². The number of carbonyl (C=O) groups excluding carboxylic acids is 2. The average molecular weight is 635 g/mol. The molecule has 42 heavy (non-hydrogen) atoms. The number of benzene rings is 3. The topological polar surface area (TPSA) is 96.0 Å². The summed E-state index contributed by atoms with van der Waals surface area (Å²) in [4.78, 5) is 28.6. The molecule has 0 radical (unpaired) electrons. The van der Waals surface area contributed by atoms with Crippen LogP contribution in [0.15, 0.2) is 71.6 Å². The zero-order valence-corrected chi connectivity index (χ0v) is 26.8. The summed E-state index contributed by atoms with van der Waals surface area (Å²) < 4.78 is 34.9. The number of halogens is 2. The van der Waals surface area contributed by atoms with Gasteiger partial charge < -0.3 is 15.0 Å².